The van der Waals surface area contributed by atoms with Gasteiger partial charge >= 0.3 is 5.82 Å². The molecular weight excluding hydrogens is 190 g/mol. The van der Waals surface area contributed by atoms with Crippen molar-refractivity contribution in [3.05, 3.63) is 29.2 Å². The van der Waals surface area contributed by atoms with Gasteiger partial charge in [0.2, 0.25) is 5.82 Å². The van der Waals surface area contributed by atoms with Gasteiger partial charge in [0.05, 0.1) is 12.7 Å². The molecule has 2 aromatic rings. The number of furan rings is 1. The second-order valence-electron chi connectivity index (χ2n) is 4.10. The SMILES string of the molecule is Cc1nc2[n+]([nH]1)-c1c(C)coc1CCC2. The van der Waals surface area contributed by atoms with Crippen molar-refractivity contribution < 1.29 is 9.10 Å². The highest BCUT2D eigenvalue weighted by atomic mass is 16.3. The minimum absolute atomic E-state index is 0.957. The van der Waals surface area contributed by atoms with Gasteiger partial charge in [0.25, 0.3) is 0 Å². The minimum Gasteiger partial charge on any atom is -0.464 e. The van der Waals surface area contributed by atoms with Crippen LogP contribution in [0.4, 0.5) is 0 Å². The van der Waals surface area contributed by atoms with Crippen LogP contribution in [0.5, 0.6) is 0 Å². The number of nitrogens with zero attached hydrogens (tertiary/aromatic N) is 2. The molecule has 4 heteroatoms. The summed E-state index contributed by atoms with van der Waals surface area (Å²) in [6, 6.07) is 0. The first kappa shape index (κ1) is 8.71. The summed E-state index contributed by atoms with van der Waals surface area (Å²) in [5.41, 5.74) is 2.32. The van der Waals surface area contributed by atoms with Crippen LogP contribution in [0, 0.1) is 13.8 Å². The molecule has 0 unspecified atom stereocenters. The number of nitrogens with one attached hydrogen (secondary N) is 1. The van der Waals surface area contributed by atoms with E-state index in [0.29, 0.717) is 0 Å². The van der Waals surface area contributed by atoms with Crippen molar-refractivity contribution in [1.82, 2.24) is 10.1 Å². The number of hydrogen-bond donors (Lipinski definition) is 1. The van der Waals surface area contributed by atoms with E-state index in [-0.39, 0.29) is 0 Å². The van der Waals surface area contributed by atoms with Crippen LogP contribution in [-0.4, -0.2) is 10.1 Å². The summed E-state index contributed by atoms with van der Waals surface area (Å²) >= 11 is 0. The zero-order valence-electron chi connectivity index (χ0n) is 9.00. The lowest BCUT2D eigenvalue weighted by Crippen LogP contribution is -2.37. The van der Waals surface area contributed by atoms with Gasteiger partial charge in [-0.1, -0.05) is 0 Å². The summed E-state index contributed by atoms with van der Waals surface area (Å²) in [6.07, 6.45) is 4.93. The Hall–Kier alpha value is -1.58. The molecule has 0 aliphatic carbocycles. The first-order valence-corrected chi connectivity index (χ1v) is 5.30. The molecule has 0 saturated carbocycles. The normalized spacial score (nSPS) is 14.5. The van der Waals surface area contributed by atoms with Gasteiger partial charge in [-0.05, 0) is 18.3 Å². The van der Waals surface area contributed by atoms with Crippen molar-refractivity contribution in [2.24, 2.45) is 0 Å². The second kappa shape index (κ2) is 2.95. The number of aromatic nitrogens is 3. The fraction of sp³-hybridized carbons (Fsp3) is 0.455. The number of hydrogen-bond acceptors (Lipinski definition) is 2. The topological polar surface area (TPSA) is 45.7 Å². The Morgan fingerprint density at radius 2 is 2.27 bits per heavy atom. The molecule has 3 heterocycles. The Bertz CT molecular complexity index is 510. The number of aryl methyl sites for hydroxylation is 4. The standard InChI is InChI=1S/C11H13N3O/c1-7-6-15-9-4-3-5-10-12-8(2)13-14(10)11(7)9/h6H,3-5H2,1-2H3/p+1. The Balaban J connectivity index is 2.29. The maximum atomic E-state index is 5.56. The summed E-state index contributed by atoms with van der Waals surface area (Å²) < 4.78 is 7.63. The van der Waals surface area contributed by atoms with Crippen LogP contribution in [0.1, 0.15) is 29.4 Å². The van der Waals surface area contributed by atoms with Crippen LogP contribution in [-0.2, 0) is 12.8 Å². The largest absolute Gasteiger partial charge is 0.464 e. The Labute approximate surface area is 87.9 Å². The van der Waals surface area contributed by atoms with Gasteiger partial charge in [0.15, 0.2) is 11.4 Å². The molecule has 0 amide bonds. The van der Waals surface area contributed by atoms with Gasteiger partial charge in [-0.3, -0.25) is 0 Å². The predicted octanol–water partition coefficient (Wildman–Crippen LogP) is 1.38. The van der Waals surface area contributed by atoms with Crippen molar-refractivity contribution in [1.29, 1.82) is 0 Å². The maximum Gasteiger partial charge on any atom is 0.324 e. The molecule has 4 nitrogen and oxygen atoms in total. The summed E-state index contributed by atoms with van der Waals surface area (Å²) in [5, 5.41) is 3.27. The molecule has 3 rings (SSSR count). The summed E-state index contributed by atoms with van der Waals surface area (Å²) in [7, 11) is 0. The molecule has 15 heavy (non-hydrogen) atoms. The second-order valence-corrected chi connectivity index (χ2v) is 4.10. The number of fused-ring (bicyclic) bond motifs is 3. The average Bonchev–Trinajstić information content (AvgIpc) is 2.67. The summed E-state index contributed by atoms with van der Waals surface area (Å²) in [5.74, 6) is 3.13. The van der Waals surface area contributed by atoms with Crippen molar-refractivity contribution in [3.63, 3.8) is 0 Å². The average molecular weight is 204 g/mol. The molecular formula is C11H14N3O+. The van der Waals surface area contributed by atoms with Crippen molar-refractivity contribution in [2.75, 3.05) is 0 Å². The molecule has 0 fully saturated rings. The highest BCUT2D eigenvalue weighted by molar-refractivity contribution is 5.35. The zero-order valence-corrected chi connectivity index (χ0v) is 9.00. The number of H-pyrrole nitrogens is 1. The quantitative estimate of drug-likeness (QED) is 0.659. The fourth-order valence-corrected chi connectivity index (χ4v) is 2.22. The lowest BCUT2D eigenvalue weighted by molar-refractivity contribution is -0.665. The lowest BCUT2D eigenvalue weighted by Gasteiger charge is -1.94. The van der Waals surface area contributed by atoms with E-state index in [1.807, 2.05) is 13.2 Å². The van der Waals surface area contributed by atoms with Gasteiger partial charge < -0.3 is 4.42 Å². The minimum atomic E-state index is 0.957. The van der Waals surface area contributed by atoms with Gasteiger partial charge in [0, 0.05) is 18.9 Å². The summed E-state index contributed by atoms with van der Waals surface area (Å²) in [6.45, 7) is 4.05. The monoisotopic (exact) mass is 204 g/mol. The third kappa shape index (κ3) is 1.21. The van der Waals surface area contributed by atoms with Crippen LogP contribution in [0.15, 0.2) is 10.7 Å². The molecule has 0 spiro atoms. The Morgan fingerprint density at radius 1 is 1.40 bits per heavy atom. The number of rotatable bonds is 0. The van der Waals surface area contributed by atoms with Crippen LogP contribution in [0.3, 0.4) is 0 Å². The summed E-state index contributed by atoms with van der Waals surface area (Å²) in [4.78, 5) is 4.50. The molecule has 1 aliphatic heterocycles. The molecule has 0 aromatic carbocycles. The third-order valence-corrected chi connectivity index (χ3v) is 2.87. The Kier molecular flexibility index (Phi) is 1.71. The van der Waals surface area contributed by atoms with Gasteiger partial charge in [0.1, 0.15) is 0 Å². The predicted molar refractivity (Wildman–Crippen MR) is 53.9 cm³/mol. The van der Waals surface area contributed by atoms with E-state index in [4.69, 9.17) is 4.42 Å². The van der Waals surface area contributed by atoms with Gasteiger partial charge in [-0.15, -0.1) is 4.68 Å². The fourth-order valence-electron chi connectivity index (χ4n) is 2.22. The molecule has 1 aliphatic rings. The Morgan fingerprint density at radius 3 is 3.13 bits per heavy atom. The molecule has 2 aromatic heterocycles. The first-order valence-electron chi connectivity index (χ1n) is 5.30. The van der Waals surface area contributed by atoms with Crippen LogP contribution >= 0.6 is 0 Å². The maximum absolute atomic E-state index is 5.56. The highest BCUT2D eigenvalue weighted by Crippen LogP contribution is 2.21. The molecule has 0 saturated heterocycles. The molecule has 0 bridgehead atoms. The smallest absolute Gasteiger partial charge is 0.324 e. The molecule has 0 atom stereocenters. The van der Waals surface area contributed by atoms with Crippen molar-refractivity contribution in [2.45, 2.75) is 33.1 Å². The third-order valence-electron chi connectivity index (χ3n) is 2.87. The van der Waals surface area contributed by atoms with Crippen LogP contribution < -0.4 is 4.68 Å². The number of aromatic amines is 1. The first-order chi connectivity index (χ1) is 7.25. The van der Waals surface area contributed by atoms with E-state index < -0.39 is 0 Å². The lowest BCUT2D eigenvalue weighted by atomic mass is 10.2. The van der Waals surface area contributed by atoms with Crippen LogP contribution in [0.25, 0.3) is 5.69 Å². The van der Waals surface area contributed by atoms with Crippen molar-refractivity contribution >= 4 is 0 Å². The van der Waals surface area contributed by atoms with E-state index >= 15 is 0 Å². The van der Waals surface area contributed by atoms with Gasteiger partial charge in [-0.25, -0.2) is 0 Å². The van der Waals surface area contributed by atoms with Crippen molar-refractivity contribution in [3.8, 4) is 5.69 Å². The van der Waals surface area contributed by atoms with E-state index in [2.05, 4.69) is 21.7 Å². The molecule has 1 N–H and O–H groups in total. The van der Waals surface area contributed by atoms with E-state index in [1.54, 1.807) is 0 Å². The van der Waals surface area contributed by atoms with Gasteiger partial charge in [-0.2, -0.15) is 5.10 Å². The molecule has 0 radical (unpaired) electrons. The van der Waals surface area contributed by atoms with E-state index in [0.717, 1.165) is 42.4 Å². The zero-order chi connectivity index (χ0) is 10.4. The van der Waals surface area contributed by atoms with E-state index in [1.165, 1.54) is 5.56 Å². The van der Waals surface area contributed by atoms with E-state index in [9.17, 15) is 0 Å². The highest BCUT2D eigenvalue weighted by Gasteiger charge is 2.28. The molecule has 78 valence electrons. The van der Waals surface area contributed by atoms with Crippen LogP contribution in [0.2, 0.25) is 0 Å².